The monoisotopic (exact) mass is 268 g/mol. The van der Waals surface area contributed by atoms with Gasteiger partial charge in [-0.3, -0.25) is 4.79 Å². The highest BCUT2D eigenvalue weighted by atomic mass is 16.4. The molecule has 0 aromatic rings. The second kappa shape index (κ2) is 9.39. The van der Waals surface area contributed by atoms with Gasteiger partial charge in [0.1, 0.15) is 0 Å². The van der Waals surface area contributed by atoms with E-state index in [1.165, 1.54) is 51.4 Å². The van der Waals surface area contributed by atoms with Gasteiger partial charge >= 0.3 is 5.97 Å². The quantitative estimate of drug-likeness (QED) is 0.586. The highest BCUT2D eigenvalue weighted by Crippen LogP contribution is 2.39. The third kappa shape index (κ3) is 5.97. The minimum atomic E-state index is -0.525. The molecule has 0 aliphatic heterocycles. The molecule has 1 fully saturated rings. The van der Waals surface area contributed by atoms with Crippen LogP contribution in [0.2, 0.25) is 0 Å². The predicted molar refractivity (Wildman–Crippen MR) is 80.4 cm³/mol. The van der Waals surface area contributed by atoms with E-state index in [9.17, 15) is 9.90 Å². The average Bonchev–Trinajstić information content (AvgIpc) is 2.35. The van der Waals surface area contributed by atoms with Gasteiger partial charge in [-0.2, -0.15) is 0 Å². The summed E-state index contributed by atoms with van der Waals surface area (Å²) in [6.07, 6.45) is 16.2. The fourth-order valence-electron chi connectivity index (χ4n) is 3.40. The molecular weight excluding hydrogens is 236 g/mol. The highest BCUT2D eigenvalue weighted by molar-refractivity contribution is 5.74. The van der Waals surface area contributed by atoms with Crippen LogP contribution in [-0.4, -0.2) is 11.1 Å². The lowest BCUT2D eigenvalue weighted by atomic mass is 9.73. The first-order valence-electron chi connectivity index (χ1n) is 8.45. The predicted octanol–water partition coefficient (Wildman–Crippen LogP) is 5.55. The van der Waals surface area contributed by atoms with E-state index in [-0.39, 0.29) is 5.41 Å². The molecule has 1 saturated carbocycles. The minimum absolute atomic E-state index is 0.384. The Morgan fingerprint density at radius 2 is 1.42 bits per heavy atom. The number of carbonyl (C=O) groups is 1. The third-order valence-corrected chi connectivity index (χ3v) is 4.77. The van der Waals surface area contributed by atoms with E-state index in [1.54, 1.807) is 0 Å². The van der Waals surface area contributed by atoms with Crippen molar-refractivity contribution in [1.82, 2.24) is 0 Å². The summed E-state index contributed by atoms with van der Waals surface area (Å²) >= 11 is 0. The lowest BCUT2D eigenvalue weighted by Crippen LogP contribution is -2.31. The summed E-state index contributed by atoms with van der Waals surface area (Å²) < 4.78 is 0. The van der Waals surface area contributed by atoms with Crippen molar-refractivity contribution in [2.24, 2.45) is 5.41 Å². The van der Waals surface area contributed by atoms with Crippen molar-refractivity contribution in [3.63, 3.8) is 0 Å². The summed E-state index contributed by atoms with van der Waals surface area (Å²) in [4.78, 5) is 11.7. The number of carboxylic acids is 1. The van der Waals surface area contributed by atoms with Gasteiger partial charge in [0, 0.05) is 0 Å². The molecule has 0 radical (unpaired) electrons. The molecule has 0 heterocycles. The molecule has 0 aromatic carbocycles. The van der Waals surface area contributed by atoms with Crippen LogP contribution in [0.5, 0.6) is 0 Å². The van der Waals surface area contributed by atoms with Gasteiger partial charge in [0.15, 0.2) is 0 Å². The minimum Gasteiger partial charge on any atom is -0.481 e. The van der Waals surface area contributed by atoms with Crippen LogP contribution in [0.15, 0.2) is 0 Å². The Kier molecular flexibility index (Phi) is 8.16. The van der Waals surface area contributed by atoms with Crippen molar-refractivity contribution in [2.45, 2.75) is 96.8 Å². The number of rotatable bonds is 8. The molecule has 0 spiro atoms. The standard InChI is InChI=1S/C17H32O2/c1-2-3-4-5-7-10-13-17(16(18)19)14-11-8-6-9-12-15-17/h2-15H2,1H3,(H,18,19). The topological polar surface area (TPSA) is 37.3 Å². The van der Waals surface area contributed by atoms with E-state index in [1.807, 2.05) is 0 Å². The van der Waals surface area contributed by atoms with E-state index >= 15 is 0 Å². The fraction of sp³-hybridized carbons (Fsp3) is 0.941. The van der Waals surface area contributed by atoms with Crippen LogP contribution in [-0.2, 0) is 4.79 Å². The normalized spacial score (nSPS) is 19.6. The lowest BCUT2D eigenvalue weighted by Gasteiger charge is -2.31. The molecule has 0 atom stereocenters. The van der Waals surface area contributed by atoms with Crippen molar-refractivity contribution >= 4 is 5.97 Å². The van der Waals surface area contributed by atoms with Crippen LogP contribution in [0.3, 0.4) is 0 Å². The zero-order chi connectivity index (χ0) is 14.0. The van der Waals surface area contributed by atoms with Gasteiger partial charge in [0.25, 0.3) is 0 Å². The second-order valence-corrected chi connectivity index (χ2v) is 6.37. The smallest absolute Gasteiger partial charge is 0.309 e. The summed E-state index contributed by atoms with van der Waals surface area (Å²) in [6, 6.07) is 0. The summed E-state index contributed by atoms with van der Waals surface area (Å²) in [5, 5.41) is 9.65. The van der Waals surface area contributed by atoms with Gasteiger partial charge in [-0.1, -0.05) is 77.6 Å². The average molecular weight is 268 g/mol. The van der Waals surface area contributed by atoms with E-state index in [2.05, 4.69) is 6.92 Å². The number of carboxylic acid groups (broad SMARTS) is 1. The fourth-order valence-corrected chi connectivity index (χ4v) is 3.40. The maximum Gasteiger partial charge on any atom is 0.309 e. The van der Waals surface area contributed by atoms with Crippen LogP contribution < -0.4 is 0 Å². The third-order valence-electron chi connectivity index (χ3n) is 4.77. The Morgan fingerprint density at radius 1 is 0.895 bits per heavy atom. The number of hydrogen-bond donors (Lipinski definition) is 1. The molecule has 2 heteroatoms. The molecule has 1 aliphatic carbocycles. The molecule has 0 amide bonds. The van der Waals surface area contributed by atoms with Crippen molar-refractivity contribution in [2.75, 3.05) is 0 Å². The Balaban J connectivity index is 2.35. The van der Waals surface area contributed by atoms with Gasteiger partial charge in [0.05, 0.1) is 5.41 Å². The van der Waals surface area contributed by atoms with Gasteiger partial charge in [0.2, 0.25) is 0 Å². The second-order valence-electron chi connectivity index (χ2n) is 6.37. The van der Waals surface area contributed by atoms with Crippen LogP contribution in [0.1, 0.15) is 96.8 Å². The van der Waals surface area contributed by atoms with Gasteiger partial charge < -0.3 is 5.11 Å². The first-order valence-corrected chi connectivity index (χ1v) is 8.45. The van der Waals surface area contributed by atoms with Crippen molar-refractivity contribution < 1.29 is 9.90 Å². The zero-order valence-corrected chi connectivity index (χ0v) is 12.8. The first kappa shape index (κ1) is 16.5. The largest absolute Gasteiger partial charge is 0.481 e. The van der Waals surface area contributed by atoms with Crippen LogP contribution >= 0.6 is 0 Å². The highest BCUT2D eigenvalue weighted by Gasteiger charge is 2.37. The number of unbranched alkanes of at least 4 members (excludes halogenated alkanes) is 5. The Labute approximate surface area is 119 Å². The molecule has 112 valence electrons. The Morgan fingerprint density at radius 3 is 2.00 bits per heavy atom. The molecule has 19 heavy (non-hydrogen) atoms. The maximum atomic E-state index is 11.7. The summed E-state index contributed by atoms with van der Waals surface area (Å²) in [7, 11) is 0. The molecule has 0 saturated heterocycles. The molecule has 0 unspecified atom stereocenters. The van der Waals surface area contributed by atoms with Gasteiger partial charge in [-0.05, 0) is 19.3 Å². The number of aliphatic carboxylic acids is 1. The van der Waals surface area contributed by atoms with Gasteiger partial charge in [-0.25, -0.2) is 0 Å². The number of hydrogen-bond acceptors (Lipinski definition) is 1. The molecule has 0 aromatic heterocycles. The maximum absolute atomic E-state index is 11.7. The first-order chi connectivity index (χ1) is 9.21. The summed E-state index contributed by atoms with van der Waals surface area (Å²) in [6.45, 7) is 2.23. The zero-order valence-electron chi connectivity index (χ0n) is 12.8. The molecule has 1 rings (SSSR count). The van der Waals surface area contributed by atoms with Crippen molar-refractivity contribution in [1.29, 1.82) is 0 Å². The molecule has 1 aliphatic rings. The van der Waals surface area contributed by atoms with E-state index in [4.69, 9.17) is 0 Å². The summed E-state index contributed by atoms with van der Waals surface area (Å²) in [5.74, 6) is -0.525. The SMILES string of the molecule is CCCCCCCCC1(C(=O)O)CCCCCCC1. The Bertz CT molecular complexity index is 240. The van der Waals surface area contributed by atoms with Crippen LogP contribution in [0, 0.1) is 5.41 Å². The van der Waals surface area contributed by atoms with Crippen LogP contribution in [0.4, 0.5) is 0 Å². The molecule has 2 nitrogen and oxygen atoms in total. The molecular formula is C17H32O2. The van der Waals surface area contributed by atoms with Gasteiger partial charge in [-0.15, -0.1) is 0 Å². The Hall–Kier alpha value is -0.530. The van der Waals surface area contributed by atoms with E-state index in [0.717, 1.165) is 38.5 Å². The molecule has 1 N–H and O–H groups in total. The van der Waals surface area contributed by atoms with Crippen molar-refractivity contribution in [3.8, 4) is 0 Å². The lowest BCUT2D eigenvalue weighted by molar-refractivity contribution is -0.151. The van der Waals surface area contributed by atoms with Crippen molar-refractivity contribution in [3.05, 3.63) is 0 Å². The van der Waals surface area contributed by atoms with Crippen LogP contribution in [0.25, 0.3) is 0 Å². The van der Waals surface area contributed by atoms with E-state index < -0.39 is 5.97 Å². The summed E-state index contributed by atoms with van der Waals surface area (Å²) in [5.41, 5.74) is -0.384. The van der Waals surface area contributed by atoms with E-state index in [0.29, 0.717) is 0 Å². The molecule has 0 bridgehead atoms.